The van der Waals surface area contributed by atoms with Crippen LogP contribution >= 0.6 is 0 Å². The fourth-order valence-corrected chi connectivity index (χ4v) is 1.61. The number of rotatable bonds is 5. The van der Waals surface area contributed by atoms with Crippen molar-refractivity contribution in [3.8, 4) is 0 Å². The van der Waals surface area contributed by atoms with Crippen molar-refractivity contribution in [1.29, 1.82) is 0 Å². The van der Waals surface area contributed by atoms with E-state index in [1.807, 2.05) is 0 Å². The first-order valence-electron chi connectivity index (χ1n) is 5.63. The lowest BCUT2D eigenvalue weighted by Crippen LogP contribution is -2.35. The van der Waals surface area contributed by atoms with E-state index in [1.54, 1.807) is 13.8 Å². The van der Waals surface area contributed by atoms with Crippen LogP contribution in [0.5, 0.6) is 0 Å². The number of benzene rings is 1. The molecule has 0 bridgehead atoms. The number of likely N-dealkylation sites (N-methyl/N-ethyl adjacent to an activating group) is 1. The van der Waals surface area contributed by atoms with E-state index in [0.29, 0.717) is 5.56 Å². The third kappa shape index (κ3) is 3.51. The normalized spacial score (nSPS) is 10.0. The summed E-state index contributed by atoms with van der Waals surface area (Å²) >= 11 is 0. The molecule has 102 valence electrons. The first kappa shape index (κ1) is 14.6. The third-order valence-corrected chi connectivity index (χ3v) is 2.65. The van der Waals surface area contributed by atoms with Crippen LogP contribution in [0.25, 0.3) is 0 Å². The van der Waals surface area contributed by atoms with Gasteiger partial charge in [-0.05, 0) is 19.9 Å². The fraction of sp³-hybridized carbons (Fsp3) is 0.333. The van der Waals surface area contributed by atoms with Crippen molar-refractivity contribution in [1.82, 2.24) is 4.90 Å². The van der Waals surface area contributed by atoms with Gasteiger partial charge in [0, 0.05) is 23.7 Å². The quantitative estimate of drug-likeness (QED) is 0.642. The molecule has 1 aromatic rings. The lowest BCUT2D eigenvalue weighted by molar-refractivity contribution is -0.385. The molecule has 0 atom stereocenters. The summed E-state index contributed by atoms with van der Waals surface area (Å²) in [4.78, 5) is 34.0. The Morgan fingerprint density at radius 1 is 1.42 bits per heavy atom. The van der Waals surface area contributed by atoms with Crippen molar-refractivity contribution < 1.29 is 19.6 Å². The molecule has 0 radical (unpaired) electrons. The molecule has 7 nitrogen and oxygen atoms in total. The van der Waals surface area contributed by atoms with E-state index in [4.69, 9.17) is 5.11 Å². The number of carboxylic acids is 1. The fourth-order valence-electron chi connectivity index (χ4n) is 1.61. The monoisotopic (exact) mass is 266 g/mol. The second kappa shape index (κ2) is 5.94. The van der Waals surface area contributed by atoms with E-state index in [9.17, 15) is 19.7 Å². The Morgan fingerprint density at radius 3 is 2.53 bits per heavy atom. The van der Waals surface area contributed by atoms with Gasteiger partial charge in [0.25, 0.3) is 11.6 Å². The van der Waals surface area contributed by atoms with Gasteiger partial charge in [-0.3, -0.25) is 19.7 Å². The minimum absolute atomic E-state index is 0.111. The smallest absolute Gasteiger partial charge is 0.323 e. The largest absolute Gasteiger partial charge is 0.480 e. The van der Waals surface area contributed by atoms with Gasteiger partial charge in [-0.25, -0.2) is 0 Å². The van der Waals surface area contributed by atoms with E-state index in [2.05, 4.69) is 0 Å². The predicted octanol–water partition coefficient (Wildman–Crippen LogP) is 1.45. The highest BCUT2D eigenvalue weighted by Crippen LogP contribution is 2.20. The number of hydrogen-bond donors (Lipinski definition) is 1. The number of carbonyl (C=O) groups excluding carboxylic acids is 1. The lowest BCUT2D eigenvalue weighted by Gasteiger charge is -2.18. The van der Waals surface area contributed by atoms with Gasteiger partial charge in [0.1, 0.15) is 6.54 Å². The van der Waals surface area contributed by atoms with E-state index in [-0.39, 0.29) is 17.8 Å². The number of nitro groups is 1. The summed E-state index contributed by atoms with van der Waals surface area (Å²) < 4.78 is 0. The summed E-state index contributed by atoms with van der Waals surface area (Å²) in [6, 6.07) is 4.09. The second-order valence-corrected chi connectivity index (χ2v) is 3.97. The molecule has 7 heteroatoms. The van der Waals surface area contributed by atoms with Crippen LogP contribution in [0, 0.1) is 17.0 Å². The summed E-state index contributed by atoms with van der Waals surface area (Å²) in [5, 5.41) is 19.5. The highest BCUT2D eigenvalue weighted by Gasteiger charge is 2.20. The van der Waals surface area contributed by atoms with Gasteiger partial charge in [0.2, 0.25) is 0 Å². The first-order valence-corrected chi connectivity index (χ1v) is 5.63. The molecule has 0 aromatic heterocycles. The Balaban J connectivity index is 3.08. The third-order valence-electron chi connectivity index (χ3n) is 2.65. The summed E-state index contributed by atoms with van der Waals surface area (Å²) in [7, 11) is 0. The summed E-state index contributed by atoms with van der Waals surface area (Å²) in [5.41, 5.74) is 0.403. The van der Waals surface area contributed by atoms with Gasteiger partial charge in [-0.15, -0.1) is 0 Å². The standard InChI is InChI=1S/C12H14N2O5/c1-3-13(7-11(15)16)12(17)9-5-4-8(2)10(6-9)14(18)19/h4-6H,3,7H2,1-2H3,(H,15,16). The maximum absolute atomic E-state index is 12.0. The Bertz CT molecular complexity index is 527. The molecule has 0 heterocycles. The highest BCUT2D eigenvalue weighted by atomic mass is 16.6. The van der Waals surface area contributed by atoms with Crippen molar-refractivity contribution in [3.05, 3.63) is 39.4 Å². The molecule has 0 aliphatic heterocycles. The molecule has 19 heavy (non-hydrogen) atoms. The van der Waals surface area contributed by atoms with Gasteiger partial charge >= 0.3 is 5.97 Å². The highest BCUT2D eigenvalue weighted by molar-refractivity contribution is 5.96. The minimum Gasteiger partial charge on any atom is -0.480 e. The van der Waals surface area contributed by atoms with Gasteiger partial charge in [0.15, 0.2) is 0 Å². The zero-order valence-electron chi connectivity index (χ0n) is 10.6. The van der Waals surface area contributed by atoms with E-state index < -0.39 is 23.3 Å². The summed E-state index contributed by atoms with van der Waals surface area (Å²) in [5.74, 6) is -1.66. The number of carbonyl (C=O) groups is 2. The number of carboxylic acid groups (broad SMARTS) is 1. The topological polar surface area (TPSA) is 101 Å². The minimum atomic E-state index is -1.13. The average molecular weight is 266 g/mol. The molecule has 0 saturated carbocycles. The molecule has 1 amide bonds. The average Bonchev–Trinajstić information content (AvgIpc) is 2.35. The lowest BCUT2D eigenvalue weighted by atomic mass is 10.1. The molecule has 0 aliphatic rings. The maximum atomic E-state index is 12.0. The van der Waals surface area contributed by atoms with Crippen LogP contribution < -0.4 is 0 Å². The van der Waals surface area contributed by atoms with Crippen molar-refractivity contribution in [2.24, 2.45) is 0 Å². The van der Waals surface area contributed by atoms with Crippen molar-refractivity contribution in [2.75, 3.05) is 13.1 Å². The summed E-state index contributed by atoms with van der Waals surface area (Å²) in [6.07, 6.45) is 0. The van der Waals surface area contributed by atoms with Gasteiger partial charge in [0.05, 0.1) is 4.92 Å². The van der Waals surface area contributed by atoms with Crippen LogP contribution in [0.2, 0.25) is 0 Å². The molecule has 1 aromatic carbocycles. The van der Waals surface area contributed by atoms with E-state index in [0.717, 1.165) is 4.90 Å². The zero-order chi connectivity index (χ0) is 14.6. The SMILES string of the molecule is CCN(CC(=O)O)C(=O)c1ccc(C)c([N+](=O)[O-])c1. The number of nitrogens with zero attached hydrogens (tertiary/aromatic N) is 2. The molecule has 1 rings (SSSR count). The molecule has 0 unspecified atom stereocenters. The van der Waals surface area contributed by atoms with Crippen LogP contribution in [-0.2, 0) is 4.79 Å². The summed E-state index contributed by atoms with van der Waals surface area (Å²) in [6.45, 7) is 2.99. The molecule has 0 fully saturated rings. The van der Waals surface area contributed by atoms with Crippen LogP contribution in [0.15, 0.2) is 18.2 Å². The first-order chi connectivity index (χ1) is 8.86. The molecular formula is C12H14N2O5. The maximum Gasteiger partial charge on any atom is 0.323 e. The predicted molar refractivity (Wildman–Crippen MR) is 67.0 cm³/mol. The number of amides is 1. The van der Waals surface area contributed by atoms with Crippen LogP contribution in [0.1, 0.15) is 22.8 Å². The van der Waals surface area contributed by atoms with Crippen LogP contribution in [0.4, 0.5) is 5.69 Å². The second-order valence-electron chi connectivity index (χ2n) is 3.97. The van der Waals surface area contributed by atoms with Crippen molar-refractivity contribution in [2.45, 2.75) is 13.8 Å². The van der Waals surface area contributed by atoms with Crippen molar-refractivity contribution in [3.63, 3.8) is 0 Å². The Morgan fingerprint density at radius 2 is 2.05 bits per heavy atom. The Hall–Kier alpha value is -2.44. The van der Waals surface area contributed by atoms with Gasteiger partial charge in [-0.1, -0.05) is 6.07 Å². The molecule has 0 aliphatic carbocycles. The van der Waals surface area contributed by atoms with Crippen molar-refractivity contribution >= 4 is 17.6 Å². The number of aliphatic carboxylic acids is 1. The zero-order valence-corrected chi connectivity index (χ0v) is 10.6. The number of aryl methyl sites for hydroxylation is 1. The van der Waals surface area contributed by atoms with Crippen LogP contribution in [-0.4, -0.2) is 39.9 Å². The van der Waals surface area contributed by atoms with Crippen LogP contribution in [0.3, 0.4) is 0 Å². The van der Waals surface area contributed by atoms with Gasteiger partial charge in [-0.2, -0.15) is 0 Å². The van der Waals surface area contributed by atoms with Gasteiger partial charge < -0.3 is 10.0 Å². The molecule has 0 saturated heterocycles. The Kier molecular flexibility index (Phi) is 4.57. The molecule has 0 spiro atoms. The molecule has 1 N–H and O–H groups in total. The number of hydrogen-bond acceptors (Lipinski definition) is 4. The number of nitro benzene ring substituents is 1. The van der Waals surface area contributed by atoms with E-state index >= 15 is 0 Å². The Labute approximate surface area is 109 Å². The molecular weight excluding hydrogens is 252 g/mol. The van der Waals surface area contributed by atoms with E-state index in [1.165, 1.54) is 18.2 Å².